The molecule has 0 heterocycles. The van der Waals surface area contributed by atoms with E-state index in [4.69, 9.17) is 39.5 Å². The average molecular weight is 392 g/mol. The molecule has 1 aliphatic carbocycles. The van der Waals surface area contributed by atoms with Crippen molar-refractivity contribution in [3.05, 3.63) is 45.4 Å². The topological polar surface area (TPSA) is 63.6 Å². The first-order chi connectivity index (χ1) is 11.3. The molecule has 1 aliphatic rings. The van der Waals surface area contributed by atoms with Crippen molar-refractivity contribution in [3.63, 3.8) is 0 Å². The molecule has 130 valence electrons. The summed E-state index contributed by atoms with van der Waals surface area (Å²) in [7, 11) is 0. The van der Waals surface area contributed by atoms with E-state index in [0.29, 0.717) is 10.6 Å². The van der Waals surface area contributed by atoms with E-state index < -0.39 is 29.2 Å². The number of carbonyl (C=O) groups is 2. The van der Waals surface area contributed by atoms with Crippen LogP contribution in [0, 0.1) is 11.8 Å². The van der Waals surface area contributed by atoms with Crippen LogP contribution >= 0.6 is 34.8 Å². The van der Waals surface area contributed by atoms with Crippen molar-refractivity contribution in [1.82, 2.24) is 0 Å². The second-order valence-electron chi connectivity index (χ2n) is 5.74. The average Bonchev–Trinajstić information content (AvgIpc) is 2.46. The summed E-state index contributed by atoms with van der Waals surface area (Å²) in [6.45, 7) is 1.82. The minimum Gasteiger partial charge on any atom is -0.465 e. The van der Waals surface area contributed by atoms with E-state index in [9.17, 15) is 14.7 Å². The molecule has 24 heavy (non-hydrogen) atoms. The van der Waals surface area contributed by atoms with Crippen molar-refractivity contribution < 1.29 is 19.4 Å². The van der Waals surface area contributed by atoms with Crippen LogP contribution < -0.4 is 0 Å². The fraction of sp³-hybridized carbons (Fsp3) is 0.412. The van der Waals surface area contributed by atoms with Gasteiger partial charge in [-0.15, -0.1) is 0 Å². The molecule has 0 saturated heterocycles. The van der Waals surface area contributed by atoms with Crippen LogP contribution in [0.3, 0.4) is 0 Å². The Balaban J connectivity index is 2.37. The first kappa shape index (κ1) is 19.3. The number of hydrogen-bond donors (Lipinski definition) is 1. The number of esters is 1. The maximum absolute atomic E-state index is 12.6. The Morgan fingerprint density at radius 2 is 2.00 bits per heavy atom. The highest BCUT2D eigenvalue weighted by molar-refractivity contribution is 6.55. The normalized spacial score (nSPS) is 26.8. The van der Waals surface area contributed by atoms with Gasteiger partial charge in [0.05, 0.1) is 12.2 Å². The van der Waals surface area contributed by atoms with E-state index >= 15 is 0 Å². The highest BCUT2D eigenvalue weighted by Crippen LogP contribution is 2.43. The highest BCUT2D eigenvalue weighted by atomic mass is 35.5. The van der Waals surface area contributed by atoms with Gasteiger partial charge in [0.2, 0.25) is 0 Å². The second-order valence-corrected chi connectivity index (χ2v) is 7.18. The van der Waals surface area contributed by atoms with Crippen molar-refractivity contribution in [2.75, 3.05) is 6.61 Å². The van der Waals surface area contributed by atoms with E-state index in [2.05, 4.69) is 0 Å². The van der Waals surface area contributed by atoms with Crippen LogP contribution in [0.2, 0.25) is 5.02 Å². The minimum absolute atomic E-state index is 0.0672. The van der Waals surface area contributed by atoms with Gasteiger partial charge in [-0.3, -0.25) is 9.59 Å². The number of Topliss-reactive ketones (excluding diaryl/α,β-unsaturated/α-hetero) is 1. The van der Waals surface area contributed by atoms with E-state index in [1.807, 2.05) is 0 Å². The zero-order valence-electron chi connectivity index (χ0n) is 13.0. The quantitative estimate of drug-likeness (QED) is 0.622. The van der Waals surface area contributed by atoms with Crippen LogP contribution in [0.5, 0.6) is 0 Å². The molecule has 0 bridgehead atoms. The van der Waals surface area contributed by atoms with Gasteiger partial charge in [-0.05, 0) is 37.1 Å². The lowest BCUT2D eigenvalue weighted by atomic mass is 9.68. The number of hydrogen-bond acceptors (Lipinski definition) is 4. The lowest BCUT2D eigenvalue weighted by Gasteiger charge is -2.38. The standard InChI is InChI=1S/C17H17Cl3O4/c1-2-24-16(22)15-10(7-14(19)20)8-17(23,9-13(15)21)11-3-5-12(18)6-4-11/h3-7,10,15,23H,2,8-9H2,1H3/t10-,15+,17-/m1/s1. The van der Waals surface area contributed by atoms with Gasteiger partial charge in [0.15, 0.2) is 5.78 Å². The van der Waals surface area contributed by atoms with Crippen molar-refractivity contribution >= 4 is 46.6 Å². The SMILES string of the molecule is CCOC(=O)[C@@H]1C(=O)C[C@@](O)(c2ccc(Cl)cc2)C[C@H]1C=C(Cl)Cl. The maximum Gasteiger partial charge on any atom is 0.317 e. The number of rotatable bonds is 4. The summed E-state index contributed by atoms with van der Waals surface area (Å²) in [5.41, 5.74) is -0.874. The van der Waals surface area contributed by atoms with Crippen molar-refractivity contribution in [3.8, 4) is 0 Å². The van der Waals surface area contributed by atoms with Gasteiger partial charge in [0, 0.05) is 17.4 Å². The Kier molecular flexibility index (Phi) is 6.32. The molecule has 0 spiro atoms. The lowest BCUT2D eigenvalue weighted by Crippen LogP contribution is -2.45. The summed E-state index contributed by atoms with van der Waals surface area (Å²) in [6.07, 6.45) is 1.33. The molecule has 0 radical (unpaired) electrons. The summed E-state index contributed by atoms with van der Waals surface area (Å²) >= 11 is 17.3. The van der Waals surface area contributed by atoms with Gasteiger partial charge < -0.3 is 9.84 Å². The van der Waals surface area contributed by atoms with Gasteiger partial charge in [-0.25, -0.2) is 0 Å². The Morgan fingerprint density at radius 1 is 1.38 bits per heavy atom. The first-order valence-electron chi connectivity index (χ1n) is 7.47. The van der Waals surface area contributed by atoms with E-state index in [1.54, 1.807) is 31.2 Å². The molecular weight excluding hydrogens is 375 g/mol. The predicted molar refractivity (Wildman–Crippen MR) is 93.0 cm³/mol. The van der Waals surface area contributed by atoms with E-state index in [1.165, 1.54) is 6.08 Å². The summed E-state index contributed by atoms with van der Waals surface area (Å²) < 4.78 is 4.91. The Labute approximate surface area is 155 Å². The molecular formula is C17H17Cl3O4. The summed E-state index contributed by atoms with van der Waals surface area (Å²) in [5.74, 6) is -2.72. The van der Waals surface area contributed by atoms with Crippen LogP contribution in [-0.4, -0.2) is 23.5 Å². The highest BCUT2D eigenvalue weighted by Gasteiger charge is 2.48. The molecule has 4 nitrogen and oxygen atoms in total. The number of benzene rings is 1. The van der Waals surface area contributed by atoms with Crippen LogP contribution in [0.25, 0.3) is 0 Å². The Hall–Kier alpha value is -1.07. The summed E-state index contributed by atoms with van der Waals surface area (Å²) in [6, 6.07) is 6.58. The molecule has 1 N–H and O–H groups in total. The van der Waals surface area contributed by atoms with Crippen LogP contribution in [0.1, 0.15) is 25.3 Å². The van der Waals surface area contributed by atoms with E-state index in [0.717, 1.165) is 0 Å². The molecule has 0 amide bonds. The van der Waals surface area contributed by atoms with Crippen molar-refractivity contribution in [1.29, 1.82) is 0 Å². The van der Waals surface area contributed by atoms with E-state index in [-0.39, 0.29) is 23.9 Å². The second kappa shape index (κ2) is 7.87. The van der Waals surface area contributed by atoms with Crippen molar-refractivity contribution in [2.24, 2.45) is 11.8 Å². The molecule has 1 aromatic rings. The van der Waals surface area contributed by atoms with Crippen LogP contribution in [0.4, 0.5) is 0 Å². The van der Waals surface area contributed by atoms with Crippen LogP contribution in [0.15, 0.2) is 34.8 Å². The number of aliphatic hydroxyl groups is 1. The monoisotopic (exact) mass is 390 g/mol. The molecule has 3 atom stereocenters. The molecule has 7 heteroatoms. The van der Waals surface area contributed by atoms with Gasteiger partial charge in [-0.2, -0.15) is 0 Å². The van der Waals surface area contributed by atoms with Gasteiger partial charge in [-0.1, -0.05) is 46.9 Å². The predicted octanol–water partition coefficient (Wildman–Crippen LogP) is 4.01. The third-order valence-electron chi connectivity index (χ3n) is 4.08. The van der Waals surface area contributed by atoms with Crippen LogP contribution in [-0.2, 0) is 19.9 Å². The molecule has 2 rings (SSSR count). The molecule has 1 saturated carbocycles. The number of halogens is 3. The number of ether oxygens (including phenoxy) is 1. The van der Waals surface area contributed by atoms with Crippen molar-refractivity contribution in [2.45, 2.75) is 25.4 Å². The van der Waals surface area contributed by atoms with Gasteiger partial charge in [0.1, 0.15) is 10.4 Å². The molecule has 0 aliphatic heterocycles. The molecule has 1 aromatic carbocycles. The molecule has 1 fully saturated rings. The largest absolute Gasteiger partial charge is 0.465 e. The Bertz CT molecular complexity index is 652. The lowest BCUT2D eigenvalue weighted by molar-refractivity contribution is -0.159. The fourth-order valence-corrected chi connectivity index (χ4v) is 3.50. The smallest absolute Gasteiger partial charge is 0.317 e. The molecule has 0 aromatic heterocycles. The minimum atomic E-state index is -1.42. The number of carbonyl (C=O) groups excluding carboxylic acids is 2. The maximum atomic E-state index is 12.6. The fourth-order valence-electron chi connectivity index (χ4n) is 3.05. The van der Waals surface area contributed by atoms with Gasteiger partial charge >= 0.3 is 5.97 Å². The molecule has 0 unspecified atom stereocenters. The first-order valence-corrected chi connectivity index (χ1v) is 8.61. The third-order valence-corrected chi connectivity index (χ3v) is 4.58. The third kappa shape index (κ3) is 4.31. The zero-order valence-corrected chi connectivity index (χ0v) is 15.2. The summed E-state index contributed by atoms with van der Waals surface area (Å²) in [5, 5.41) is 11.5. The Morgan fingerprint density at radius 3 is 2.54 bits per heavy atom. The number of allylic oxidation sites excluding steroid dienone is 1. The summed E-state index contributed by atoms with van der Waals surface area (Å²) in [4.78, 5) is 24.7. The number of ketones is 1. The van der Waals surface area contributed by atoms with Gasteiger partial charge in [0.25, 0.3) is 0 Å². The zero-order chi connectivity index (χ0) is 17.9.